The molecule has 106 valence electrons. The molecular weight excluding hydrogens is 232 g/mol. The lowest BCUT2D eigenvalue weighted by molar-refractivity contribution is -0.144. The molecule has 1 aliphatic carbocycles. The van der Waals surface area contributed by atoms with Gasteiger partial charge in [0, 0.05) is 6.42 Å². The van der Waals surface area contributed by atoms with E-state index in [4.69, 9.17) is 10.2 Å². The maximum absolute atomic E-state index is 10.6. The van der Waals surface area contributed by atoms with Crippen molar-refractivity contribution in [3.05, 3.63) is 0 Å². The maximum Gasteiger partial charge on any atom is 0.306 e. The highest BCUT2D eigenvalue weighted by atomic mass is 16.4. The molecule has 0 amide bonds. The van der Waals surface area contributed by atoms with Gasteiger partial charge in [0.2, 0.25) is 0 Å². The Morgan fingerprint density at radius 2 is 1.83 bits per heavy atom. The monoisotopic (exact) mass is 258 g/mol. The van der Waals surface area contributed by atoms with Gasteiger partial charge in [-0.25, -0.2) is 0 Å². The number of aliphatic carboxylic acids is 2. The van der Waals surface area contributed by atoms with E-state index in [9.17, 15) is 9.59 Å². The van der Waals surface area contributed by atoms with E-state index in [0.717, 1.165) is 19.3 Å². The van der Waals surface area contributed by atoms with E-state index in [1.165, 1.54) is 6.42 Å². The number of carboxylic acid groups (broad SMARTS) is 2. The minimum atomic E-state index is -0.713. The van der Waals surface area contributed by atoms with Crippen molar-refractivity contribution < 1.29 is 19.8 Å². The number of carboxylic acids is 2. The molecule has 0 bridgehead atoms. The van der Waals surface area contributed by atoms with Crippen LogP contribution in [0.25, 0.3) is 0 Å². The first kappa shape index (κ1) is 16.9. The van der Waals surface area contributed by atoms with Gasteiger partial charge >= 0.3 is 11.9 Å². The molecule has 1 saturated carbocycles. The first-order valence-electron chi connectivity index (χ1n) is 6.58. The summed E-state index contributed by atoms with van der Waals surface area (Å²) in [7, 11) is 0. The second-order valence-electron chi connectivity index (χ2n) is 6.29. The minimum Gasteiger partial charge on any atom is -0.481 e. The molecule has 0 radical (unpaired) electrons. The highest BCUT2D eigenvalue weighted by Crippen LogP contribution is 2.38. The van der Waals surface area contributed by atoms with Gasteiger partial charge in [0.15, 0.2) is 0 Å². The van der Waals surface area contributed by atoms with E-state index in [1.807, 2.05) is 13.8 Å². The predicted octanol–water partition coefficient (Wildman–Crippen LogP) is 3.40. The minimum absolute atomic E-state index is 0.0845. The molecule has 2 N–H and O–H groups in total. The third-order valence-electron chi connectivity index (χ3n) is 3.14. The van der Waals surface area contributed by atoms with Crippen LogP contribution in [0.2, 0.25) is 0 Å². The van der Waals surface area contributed by atoms with Gasteiger partial charge in [0.25, 0.3) is 0 Å². The molecule has 0 heterocycles. The van der Waals surface area contributed by atoms with Crippen LogP contribution in [0.3, 0.4) is 0 Å². The third-order valence-corrected chi connectivity index (χ3v) is 3.14. The Morgan fingerprint density at radius 1 is 1.28 bits per heavy atom. The fraction of sp³-hybridized carbons (Fsp3) is 0.857. The van der Waals surface area contributed by atoms with E-state index < -0.39 is 11.9 Å². The molecule has 0 saturated heterocycles. The summed E-state index contributed by atoms with van der Waals surface area (Å²) < 4.78 is 0. The Balaban J connectivity index is 0.000000360. The molecule has 18 heavy (non-hydrogen) atoms. The number of carbonyl (C=O) groups is 2. The van der Waals surface area contributed by atoms with Gasteiger partial charge in [-0.2, -0.15) is 0 Å². The molecule has 4 nitrogen and oxygen atoms in total. The Labute approximate surface area is 109 Å². The quantitative estimate of drug-likeness (QED) is 0.813. The van der Waals surface area contributed by atoms with Crippen LogP contribution < -0.4 is 0 Å². The summed E-state index contributed by atoms with van der Waals surface area (Å²) in [4.78, 5) is 20.5. The fourth-order valence-corrected chi connectivity index (χ4v) is 2.26. The normalized spacial score (nSPS) is 21.9. The predicted molar refractivity (Wildman–Crippen MR) is 70.5 cm³/mol. The van der Waals surface area contributed by atoms with Crippen molar-refractivity contribution in [1.29, 1.82) is 0 Å². The molecule has 4 heteroatoms. The van der Waals surface area contributed by atoms with Crippen LogP contribution in [-0.2, 0) is 9.59 Å². The number of rotatable bonds is 3. The average molecular weight is 258 g/mol. The van der Waals surface area contributed by atoms with Gasteiger partial charge in [0.1, 0.15) is 0 Å². The highest BCUT2D eigenvalue weighted by molar-refractivity contribution is 5.70. The van der Waals surface area contributed by atoms with E-state index >= 15 is 0 Å². The van der Waals surface area contributed by atoms with Crippen LogP contribution in [-0.4, -0.2) is 22.2 Å². The summed E-state index contributed by atoms with van der Waals surface area (Å²) in [6.07, 6.45) is 4.25. The largest absolute Gasteiger partial charge is 0.481 e. The lowest BCUT2D eigenvalue weighted by Crippen LogP contribution is -2.27. The number of hydrogen-bond acceptors (Lipinski definition) is 2. The summed E-state index contributed by atoms with van der Waals surface area (Å²) in [5.41, 5.74) is 0.251. The Hall–Kier alpha value is -1.06. The van der Waals surface area contributed by atoms with E-state index in [2.05, 4.69) is 13.8 Å². The van der Waals surface area contributed by atoms with Crippen molar-refractivity contribution in [2.45, 2.75) is 59.8 Å². The van der Waals surface area contributed by atoms with Crippen LogP contribution in [0.15, 0.2) is 0 Å². The van der Waals surface area contributed by atoms with Crippen molar-refractivity contribution in [2.24, 2.45) is 17.3 Å². The fourth-order valence-electron chi connectivity index (χ4n) is 2.26. The molecule has 1 fully saturated rings. The Bertz CT molecular complexity index is 282. The molecule has 0 aromatic rings. The standard InChI is InChI=1S/C9H16O2.C5H10O2/c1-9(2)5-3-4-7(6-9)8(10)11;1-4(2)3-5(6)7/h7H,3-6H2,1-2H3,(H,10,11);4H,3H2,1-2H3,(H,6,7). The zero-order chi connectivity index (χ0) is 14.3. The highest BCUT2D eigenvalue weighted by Gasteiger charge is 2.31. The first-order chi connectivity index (χ1) is 8.14. The van der Waals surface area contributed by atoms with Crippen molar-refractivity contribution in [1.82, 2.24) is 0 Å². The van der Waals surface area contributed by atoms with E-state index in [-0.39, 0.29) is 23.7 Å². The van der Waals surface area contributed by atoms with Gasteiger partial charge in [-0.1, -0.05) is 34.1 Å². The molecule has 0 aromatic heterocycles. The second kappa shape index (κ2) is 7.39. The zero-order valence-corrected chi connectivity index (χ0v) is 11.9. The first-order valence-corrected chi connectivity index (χ1v) is 6.58. The molecular formula is C14H26O4. The molecule has 1 atom stereocenters. The van der Waals surface area contributed by atoms with Gasteiger partial charge in [0.05, 0.1) is 5.92 Å². The van der Waals surface area contributed by atoms with E-state index in [1.54, 1.807) is 0 Å². The summed E-state index contributed by atoms with van der Waals surface area (Å²) in [5.74, 6) is -1.14. The Kier molecular flexibility index (Phi) is 6.96. The van der Waals surface area contributed by atoms with Gasteiger partial charge < -0.3 is 10.2 Å². The SMILES string of the molecule is CC(C)CC(=O)O.CC1(C)CCCC(C(=O)O)C1. The summed E-state index contributed by atoms with van der Waals surface area (Å²) in [6.45, 7) is 8.08. The van der Waals surface area contributed by atoms with Crippen LogP contribution in [0.1, 0.15) is 59.8 Å². The van der Waals surface area contributed by atoms with Crippen LogP contribution in [0, 0.1) is 17.3 Å². The topological polar surface area (TPSA) is 74.6 Å². The number of hydrogen-bond donors (Lipinski definition) is 2. The van der Waals surface area contributed by atoms with Crippen molar-refractivity contribution in [2.75, 3.05) is 0 Å². The average Bonchev–Trinajstić information content (AvgIpc) is 2.14. The van der Waals surface area contributed by atoms with Gasteiger partial charge in [-0.05, 0) is 30.6 Å². The molecule has 1 aliphatic rings. The van der Waals surface area contributed by atoms with Gasteiger partial charge in [-0.15, -0.1) is 0 Å². The maximum atomic E-state index is 10.6. The summed E-state index contributed by atoms with van der Waals surface area (Å²) >= 11 is 0. The second-order valence-corrected chi connectivity index (χ2v) is 6.29. The smallest absolute Gasteiger partial charge is 0.306 e. The zero-order valence-electron chi connectivity index (χ0n) is 11.9. The van der Waals surface area contributed by atoms with Crippen molar-refractivity contribution >= 4 is 11.9 Å². The molecule has 0 spiro atoms. The third kappa shape index (κ3) is 8.09. The van der Waals surface area contributed by atoms with Crippen molar-refractivity contribution in [3.8, 4) is 0 Å². The summed E-state index contributed by atoms with van der Waals surface area (Å²) in [6, 6.07) is 0. The lowest BCUT2D eigenvalue weighted by atomic mass is 9.72. The lowest BCUT2D eigenvalue weighted by Gasteiger charge is -2.32. The molecule has 1 rings (SSSR count). The van der Waals surface area contributed by atoms with Crippen LogP contribution >= 0.6 is 0 Å². The molecule has 0 aromatic carbocycles. The van der Waals surface area contributed by atoms with E-state index in [0.29, 0.717) is 0 Å². The van der Waals surface area contributed by atoms with Crippen LogP contribution in [0.4, 0.5) is 0 Å². The summed E-state index contributed by atoms with van der Waals surface area (Å²) in [5, 5.41) is 16.9. The Morgan fingerprint density at radius 3 is 2.06 bits per heavy atom. The van der Waals surface area contributed by atoms with Crippen LogP contribution in [0.5, 0.6) is 0 Å². The molecule has 1 unspecified atom stereocenters. The molecule has 0 aliphatic heterocycles. The van der Waals surface area contributed by atoms with Gasteiger partial charge in [-0.3, -0.25) is 9.59 Å². The van der Waals surface area contributed by atoms with Crippen molar-refractivity contribution in [3.63, 3.8) is 0 Å².